The van der Waals surface area contributed by atoms with Gasteiger partial charge in [0.15, 0.2) is 0 Å². The summed E-state index contributed by atoms with van der Waals surface area (Å²) in [4.78, 5) is 1.27. The summed E-state index contributed by atoms with van der Waals surface area (Å²) in [6.07, 6.45) is 5.33. The molecule has 1 aromatic rings. The van der Waals surface area contributed by atoms with Crippen molar-refractivity contribution in [1.82, 2.24) is 0 Å². The lowest BCUT2D eigenvalue weighted by atomic mass is 9.76. The summed E-state index contributed by atoms with van der Waals surface area (Å²) in [6, 6.07) is 8.36. The van der Waals surface area contributed by atoms with E-state index >= 15 is 0 Å². The molecule has 0 aromatic heterocycles. The second-order valence-corrected chi connectivity index (χ2v) is 5.44. The highest BCUT2D eigenvalue weighted by atomic mass is 32.2. The average molecular weight is 237 g/mol. The summed E-state index contributed by atoms with van der Waals surface area (Å²) in [5.74, 6) is 0. The second kappa shape index (κ2) is 4.78. The summed E-state index contributed by atoms with van der Waals surface area (Å²) >= 11 is 1.75. The highest BCUT2D eigenvalue weighted by Crippen LogP contribution is 2.38. The molecule has 0 amide bonds. The predicted octanol–water partition coefficient (Wildman–Crippen LogP) is 2.50. The minimum absolute atomic E-state index is 0.155. The lowest BCUT2D eigenvalue weighted by Crippen LogP contribution is -2.42. The minimum atomic E-state index is -0.237. The van der Waals surface area contributed by atoms with Gasteiger partial charge in [-0.25, -0.2) is 0 Å². The Labute approximate surface area is 101 Å². The molecule has 16 heavy (non-hydrogen) atoms. The zero-order valence-corrected chi connectivity index (χ0v) is 10.5. The van der Waals surface area contributed by atoms with Crippen LogP contribution in [0, 0.1) is 0 Å². The Hall–Kier alpha value is -0.510. The van der Waals surface area contributed by atoms with Crippen molar-refractivity contribution in [2.45, 2.75) is 42.2 Å². The normalized spacial score (nSPS) is 30.3. The quantitative estimate of drug-likeness (QED) is 0.777. The van der Waals surface area contributed by atoms with E-state index in [0.29, 0.717) is 0 Å². The van der Waals surface area contributed by atoms with Crippen LogP contribution in [-0.2, 0) is 5.54 Å². The van der Waals surface area contributed by atoms with E-state index in [1.807, 2.05) is 0 Å². The summed E-state index contributed by atoms with van der Waals surface area (Å²) in [6.45, 7) is 0. The van der Waals surface area contributed by atoms with Crippen molar-refractivity contribution in [3.8, 4) is 0 Å². The Morgan fingerprint density at radius 1 is 1.31 bits per heavy atom. The van der Waals surface area contributed by atoms with E-state index in [2.05, 4.69) is 30.5 Å². The van der Waals surface area contributed by atoms with Crippen LogP contribution < -0.4 is 5.73 Å². The molecule has 3 heteroatoms. The molecule has 1 aromatic carbocycles. The van der Waals surface area contributed by atoms with Crippen molar-refractivity contribution in [2.75, 3.05) is 6.26 Å². The number of hydrogen-bond donors (Lipinski definition) is 2. The van der Waals surface area contributed by atoms with Crippen LogP contribution in [0.25, 0.3) is 0 Å². The molecule has 0 saturated heterocycles. The van der Waals surface area contributed by atoms with Gasteiger partial charge in [0.25, 0.3) is 0 Å². The van der Waals surface area contributed by atoms with E-state index in [1.54, 1.807) is 11.8 Å². The molecule has 1 saturated carbocycles. The van der Waals surface area contributed by atoms with Crippen LogP contribution in [-0.4, -0.2) is 17.5 Å². The predicted molar refractivity (Wildman–Crippen MR) is 68.6 cm³/mol. The van der Waals surface area contributed by atoms with Gasteiger partial charge in [-0.1, -0.05) is 18.2 Å². The molecule has 0 aliphatic heterocycles. The Morgan fingerprint density at radius 2 is 1.94 bits per heavy atom. The topological polar surface area (TPSA) is 46.2 Å². The van der Waals surface area contributed by atoms with Crippen molar-refractivity contribution in [3.63, 3.8) is 0 Å². The Morgan fingerprint density at radius 3 is 2.56 bits per heavy atom. The van der Waals surface area contributed by atoms with Gasteiger partial charge in [0.05, 0.1) is 6.10 Å². The standard InChI is InChI=1S/C13H19NOS/c1-16-12-5-3-2-4-11(12)13(14)8-6-10(15)7-9-13/h2-5,10,15H,6-9,14H2,1H3. The fraction of sp³-hybridized carbons (Fsp3) is 0.538. The summed E-state index contributed by atoms with van der Waals surface area (Å²) in [7, 11) is 0. The molecule has 0 spiro atoms. The summed E-state index contributed by atoms with van der Waals surface area (Å²) < 4.78 is 0. The van der Waals surface area contributed by atoms with Crippen LogP contribution in [0.1, 0.15) is 31.2 Å². The van der Waals surface area contributed by atoms with Gasteiger partial charge in [-0.3, -0.25) is 0 Å². The monoisotopic (exact) mass is 237 g/mol. The number of aliphatic hydroxyl groups excluding tert-OH is 1. The van der Waals surface area contributed by atoms with E-state index in [-0.39, 0.29) is 11.6 Å². The van der Waals surface area contributed by atoms with Gasteiger partial charge in [-0.15, -0.1) is 11.8 Å². The zero-order valence-electron chi connectivity index (χ0n) is 9.65. The second-order valence-electron chi connectivity index (χ2n) is 4.59. The maximum Gasteiger partial charge on any atom is 0.0541 e. The first-order valence-corrected chi connectivity index (χ1v) is 6.98. The highest BCUT2D eigenvalue weighted by molar-refractivity contribution is 7.98. The van der Waals surface area contributed by atoms with Gasteiger partial charge < -0.3 is 10.8 Å². The number of rotatable bonds is 2. The summed E-state index contributed by atoms with van der Waals surface area (Å²) in [5.41, 5.74) is 7.50. The van der Waals surface area contributed by atoms with Crippen molar-refractivity contribution in [3.05, 3.63) is 29.8 Å². The van der Waals surface area contributed by atoms with Gasteiger partial charge in [-0.2, -0.15) is 0 Å². The number of hydrogen-bond acceptors (Lipinski definition) is 3. The molecule has 0 radical (unpaired) electrons. The Kier molecular flexibility index (Phi) is 3.57. The van der Waals surface area contributed by atoms with Crippen molar-refractivity contribution in [1.29, 1.82) is 0 Å². The molecule has 2 nitrogen and oxygen atoms in total. The molecule has 1 fully saturated rings. The number of nitrogens with two attached hydrogens (primary N) is 1. The third-order valence-corrected chi connectivity index (χ3v) is 4.29. The van der Waals surface area contributed by atoms with E-state index in [4.69, 9.17) is 5.73 Å². The van der Waals surface area contributed by atoms with E-state index < -0.39 is 0 Å². The largest absolute Gasteiger partial charge is 0.393 e. The fourth-order valence-corrected chi connectivity index (χ4v) is 3.15. The first kappa shape index (κ1) is 12.0. The number of aliphatic hydroxyl groups is 1. The molecule has 2 rings (SSSR count). The van der Waals surface area contributed by atoms with Crippen LogP contribution in [0.5, 0.6) is 0 Å². The Balaban J connectivity index is 2.28. The van der Waals surface area contributed by atoms with Gasteiger partial charge in [0, 0.05) is 10.4 Å². The molecule has 0 atom stereocenters. The van der Waals surface area contributed by atoms with E-state index in [0.717, 1.165) is 25.7 Å². The maximum absolute atomic E-state index is 9.55. The first-order valence-electron chi connectivity index (χ1n) is 5.76. The molecular formula is C13H19NOS. The van der Waals surface area contributed by atoms with Crippen molar-refractivity contribution >= 4 is 11.8 Å². The van der Waals surface area contributed by atoms with Crippen molar-refractivity contribution in [2.24, 2.45) is 5.73 Å². The van der Waals surface area contributed by atoms with Crippen LogP contribution in [0.2, 0.25) is 0 Å². The molecule has 1 aliphatic carbocycles. The van der Waals surface area contributed by atoms with Crippen LogP contribution in [0.3, 0.4) is 0 Å². The van der Waals surface area contributed by atoms with Gasteiger partial charge in [0.1, 0.15) is 0 Å². The number of thioether (sulfide) groups is 1. The molecular weight excluding hydrogens is 218 g/mol. The molecule has 3 N–H and O–H groups in total. The Bertz CT molecular complexity index is 359. The lowest BCUT2D eigenvalue weighted by molar-refractivity contribution is 0.0961. The summed E-state index contributed by atoms with van der Waals surface area (Å²) in [5, 5.41) is 9.55. The highest BCUT2D eigenvalue weighted by Gasteiger charge is 2.33. The van der Waals surface area contributed by atoms with Crippen LogP contribution >= 0.6 is 11.8 Å². The molecule has 0 bridgehead atoms. The molecule has 88 valence electrons. The SMILES string of the molecule is CSc1ccccc1C1(N)CCC(O)CC1. The smallest absolute Gasteiger partial charge is 0.0541 e. The van der Waals surface area contributed by atoms with E-state index in [1.165, 1.54) is 10.5 Å². The third-order valence-electron chi connectivity index (χ3n) is 3.49. The van der Waals surface area contributed by atoms with Crippen LogP contribution in [0.15, 0.2) is 29.2 Å². The lowest BCUT2D eigenvalue weighted by Gasteiger charge is -2.37. The molecule has 0 heterocycles. The van der Waals surface area contributed by atoms with Gasteiger partial charge in [-0.05, 0) is 43.6 Å². The fourth-order valence-electron chi connectivity index (χ4n) is 2.44. The average Bonchev–Trinajstić information content (AvgIpc) is 2.33. The van der Waals surface area contributed by atoms with Crippen molar-refractivity contribution < 1.29 is 5.11 Å². The zero-order chi connectivity index (χ0) is 11.6. The first-order chi connectivity index (χ1) is 7.65. The third kappa shape index (κ3) is 2.26. The minimum Gasteiger partial charge on any atom is -0.393 e. The van der Waals surface area contributed by atoms with Crippen LogP contribution in [0.4, 0.5) is 0 Å². The van der Waals surface area contributed by atoms with Gasteiger partial charge in [0.2, 0.25) is 0 Å². The maximum atomic E-state index is 9.55. The molecule has 1 aliphatic rings. The molecule has 0 unspecified atom stereocenters. The van der Waals surface area contributed by atoms with Gasteiger partial charge >= 0.3 is 0 Å². The van der Waals surface area contributed by atoms with E-state index in [9.17, 15) is 5.11 Å². The number of benzene rings is 1.